The first-order valence-electron chi connectivity index (χ1n) is 6.53. The van der Waals surface area contributed by atoms with Crippen molar-refractivity contribution >= 4 is 15.9 Å². The summed E-state index contributed by atoms with van der Waals surface area (Å²) in [7, 11) is 1.78. The van der Waals surface area contributed by atoms with Crippen LogP contribution in [0.2, 0.25) is 0 Å². The number of methoxy groups -OCH3 is 1. The predicted molar refractivity (Wildman–Crippen MR) is 81.0 cm³/mol. The number of benzene rings is 1. The molecule has 1 unspecified atom stereocenters. The molecule has 1 N–H and O–H groups in total. The van der Waals surface area contributed by atoms with Crippen molar-refractivity contribution in [3.05, 3.63) is 34.3 Å². The number of rotatable bonds is 7. The van der Waals surface area contributed by atoms with Gasteiger partial charge in [0.05, 0.1) is 5.60 Å². The molecule has 0 saturated carbocycles. The summed E-state index contributed by atoms with van der Waals surface area (Å²) in [6, 6.07) is 8.68. The van der Waals surface area contributed by atoms with Crippen LogP contribution < -0.4 is 5.32 Å². The number of ether oxygens (including phenoxy) is 1. The Balaban J connectivity index is 2.81. The molecule has 0 aromatic heterocycles. The van der Waals surface area contributed by atoms with Crippen molar-refractivity contribution in [2.75, 3.05) is 13.7 Å². The van der Waals surface area contributed by atoms with Gasteiger partial charge in [0.2, 0.25) is 0 Å². The standard InChI is InChI=1S/C15H24BrNO/c1-5-10-17-14(15(2,3)18-4)11-12-8-6-7-9-13(12)16/h6-9,14,17H,5,10-11H2,1-4H3. The van der Waals surface area contributed by atoms with Crippen LogP contribution in [0.25, 0.3) is 0 Å². The fourth-order valence-corrected chi connectivity index (χ4v) is 2.36. The maximum Gasteiger partial charge on any atom is 0.0778 e. The van der Waals surface area contributed by atoms with Gasteiger partial charge in [-0.15, -0.1) is 0 Å². The maximum atomic E-state index is 5.63. The normalized spacial score (nSPS) is 13.6. The molecule has 1 aromatic rings. The molecule has 0 bridgehead atoms. The summed E-state index contributed by atoms with van der Waals surface area (Å²) in [5.74, 6) is 0. The summed E-state index contributed by atoms with van der Waals surface area (Å²) in [6.45, 7) is 7.47. The van der Waals surface area contributed by atoms with Crippen molar-refractivity contribution in [1.29, 1.82) is 0 Å². The predicted octanol–water partition coefficient (Wildman–Crippen LogP) is 3.78. The van der Waals surface area contributed by atoms with E-state index in [1.54, 1.807) is 7.11 Å². The third kappa shape index (κ3) is 4.38. The smallest absolute Gasteiger partial charge is 0.0778 e. The number of halogens is 1. The van der Waals surface area contributed by atoms with Crippen LogP contribution in [-0.2, 0) is 11.2 Å². The van der Waals surface area contributed by atoms with E-state index in [9.17, 15) is 0 Å². The Hall–Kier alpha value is -0.380. The summed E-state index contributed by atoms with van der Waals surface area (Å²) in [5.41, 5.74) is 1.14. The molecule has 1 atom stereocenters. The molecule has 0 radical (unpaired) electrons. The molecule has 0 aliphatic rings. The van der Waals surface area contributed by atoms with Crippen molar-refractivity contribution in [3.8, 4) is 0 Å². The third-order valence-corrected chi connectivity index (χ3v) is 4.16. The molecule has 0 saturated heterocycles. The Morgan fingerprint density at radius 1 is 1.33 bits per heavy atom. The van der Waals surface area contributed by atoms with E-state index in [-0.39, 0.29) is 5.60 Å². The summed E-state index contributed by atoms with van der Waals surface area (Å²) >= 11 is 3.61. The Morgan fingerprint density at radius 3 is 2.56 bits per heavy atom. The SMILES string of the molecule is CCCNC(Cc1ccccc1Br)C(C)(C)OC. The fraction of sp³-hybridized carbons (Fsp3) is 0.600. The highest BCUT2D eigenvalue weighted by molar-refractivity contribution is 9.10. The summed E-state index contributed by atoms with van der Waals surface area (Å²) < 4.78 is 6.80. The molecule has 0 aliphatic heterocycles. The molecular weight excluding hydrogens is 290 g/mol. The highest BCUT2D eigenvalue weighted by atomic mass is 79.9. The van der Waals surface area contributed by atoms with Crippen LogP contribution in [0.15, 0.2) is 28.7 Å². The summed E-state index contributed by atoms with van der Waals surface area (Å²) in [4.78, 5) is 0. The van der Waals surface area contributed by atoms with Crippen molar-refractivity contribution in [1.82, 2.24) is 5.32 Å². The zero-order valence-corrected chi connectivity index (χ0v) is 13.4. The van der Waals surface area contributed by atoms with Crippen LogP contribution in [0.3, 0.4) is 0 Å². The Morgan fingerprint density at radius 2 is 2.00 bits per heavy atom. The maximum absolute atomic E-state index is 5.63. The molecular formula is C15H24BrNO. The van der Waals surface area contributed by atoms with E-state index in [1.165, 1.54) is 10.0 Å². The van der Waals surface area contributed by atoms with Crippen LogP contribution in [0.4, 0.5) is 0 Å². The minimum absolute atomic E-state index is 0.176. The zero-order chi connectivity index (χ0) is 13.6. The van der Waals surface area contributed by atoms with Gasteiger partial charge in [-0.25, -0.2) is 0 Å². The average molecular weight is 314 g/mol. The quantitative estimate of drug-likeness (QED) is 0.827. The van der Waals surface area contributed by atoms with E-state index in [4.69, 9.17) is 4.74 Å². The number of hydrogen-bond donors (Lipinski definition) is 1. The molecule has 0 fully saturated rings. The van der Waals surface area contributed by atoms with E-state index >= 15 is 0 Å². The largest absolute Gasteiger partial charge is 0.377 e. The lowest BCUT2D eigenvalue weighted by molar-refractivity contribution is -0.0100. The van der Waals surface area contributed by atoms with Gasteiger partial charge in [-0.2, -0.15) is 0 Å². The summed E-state index contributed by atoms with van der Waals surface area (Å²) in [5, 5.41) is 3.59. The van der Waals surface area contributed by atoms with Gasteiger partial charge in [-0.1, -0.05) is 41.1 Å². The zero-order valence-electron chi connectivity index (χ0n) is 11.8. The molecule has 2 nitrogen and oxygen atoms in total. The van der Waals surface area contributed by atoms with Gasteiger partial charge < -0.3 is 10.1 Å². The van der Waals surface area contributed by atoms with Crippen molar-refractivity contribution in [2.45, 2.75) is 45.3 Å². The van der Waals surface area contributed by atoms with E-state index in [0.717, 1.165) is 19.4 Å². The van der Waals surface area contributed by atoms with E-state index in [2.05, 4.69) is 60.2 Å². The minimum Gasteiger partial charge on any atom is -0.377 e. The second-order valence-corrected chi connectivity index (χ2v) is 5.96. The van der Waals surface area contributed by atoms with Gasteiger partial charge >= 0.3 is 0 Å². The van der Waals surface area contributed by atoms with Crippen LogP contribution in [-0.4, -0.2) is 25.3 Å². The Kier molecular flexibility index (Phi) is 6.33. The molecule has 0 aliphatic carbocycles. The van der Waals surface area contributed by atoms with Crippen LogP contribution in [0, 0.1) is 0 Å². The van der Waals surface area contributed by atoms with Gasteiger partial charge in [-0.3, -0.25) is 0 Å². The van der Waals surface area contributed by atoms with Gasteiger partial charge in [0, 0.05) is 17.6 Å². The molecule has 3 heteroatoms. The van der Waals surface area contributed by atoms with Crippen LogP contribution in [0.5, 0.6) is 0 Å². The lowest BCUT2D eigenvalue weighted by atomic mass is 9.92. The lowest BCUT2D eigenvalue weighted by Crippen LogP contribution is -2.49. The van der Waals surface area contributed by atoms with Gasteiger partial charge in [0.1, 0.15) is 0 Å². The van der Waals surface area contributed by atoms with Crippen molar-refractivity contribution in [3.63, 3.8) is 0 Å². The Bertz CT molecular complexity index is 365. The highest BCUT2D eigenvalue weighted by Crippen LogP contribution is 2.23. The molecule has 0 heterocycles. The molecule has 1 rings (SSSR count). The minimum atomic E-state index is -0.176. The Labute approximate surface area is 119 Å². The first-order valence-corrected chi connectivity index (χ1v) is 7.32. The first kappa shape index (κ1) is 15.7. The van der Waals surface area contributed by atoms with Crippen molar-refractivity contribution in [2.24, 2.45) is 0 Å². The number of hydrogen-bond acceptors (Lipinski definition) is 2. The van der Waals surface area contributed by atoms with E-state index in [0.29, 0.717) is 6.04 Å². The highest BCUT2D eigenvalue weighted by Gasteiger charge is 2.29. The summed E-state index contributed by atoms with van der Waals surface area (Å²) in [6.07, 6.45) is 2.09. The second kappa shape index (κ2) is 7.27. The van der Waals surface area contributed by atoms with E-state index in [1.807, 2.05) is 6.07 Å². The fourth-order valence-electron chi connectivity index (χ4n) is 1.91. The lowest BCUT2D eigenvalue weighted by Gasteiger charge is -2.34. The number of nitrogens with one attached hydrogen (secondary N) is 1. The molecule has 0 spiro atoms. The molecule has 0 amide bonds. The average Bonchev–Trinajstić information content (AvgIpc) is 2.36. The third-order valence-electron chi connectivity index (χ3n) is 3.39. The van der Waals surface area contributed by atoms with Crippen molar-refractivity contribution < 1.29 is 4.74 Å². The topological polar surface area (TPSA) is 21.3 Å². The molecule has 102 valence electrons. The molecule has 18 heavy (non-hydrogen) atoms. The van der Waals surface area contributed by atoms with Crippen LogP contribution in [0.1, 0.15) is 32.8 Å². The second-order valence-electron chi connectivity index (χ2n) is 5.11. The molecule has 1 aromatic carbocycles. The van der Waals surface area contributed by atoms with Gasteiger partial charge in [-0.05, 0) is 44.9 Å². The van der Waals surface area contributed by atoms with Gasteiger partial charge in [0.15, 0.2) is 0 Å². The van der Waals surface area contributed by atoms with E-state index < -0.39 is 0 Å². The monoisotopic (exact) mass is 313 g/mol. The van der Waals surface area contributed by atoms with Gasteiger partial charge in [0.25, 0.3) is 0 Å². The van der Waals surface area contributed by atoms with Crippen LogP contribution >= 0.6 is 15.9 Å². The first-order chi connectivity index (χ1) is 8.51.